The molecule has 0 amide bonds. The average Bonchev–Trinajstić information content (AvgIpc) is 3.02. The molecule has 6 heteroatoms. The zero-order valence-corrected chi connectivity index (χ0v) is 14.2. The van der Waals surface area contributed by atoms with E-state index in [0.29, 0.717) is 0 Å². The van der Waals surface area contributed by atoms with E-state index in [4.69, 9.17) is 23.2 Å². The molecule has 0 atom stereocenters. The molecular weight excluding hydrogens is 337 g/mol. The summed E-state index contributed by atoms with van der Waals surface area (Å²) in [5.41, 5.74) is 3.33. The number of fused-ring (bicyclic) bond motifs is 3. The Hall–Kier alpha value is -1.36. The second-order valence-corrected chi connectivity index (χ2v) is 7.30. The first-order valence-corrected chi connectivity index (χ1v) is 8.70. The molecule has 0 spiro atoms. The molecule has 0 bridgehead atoms. The highest BCUT2D eigenvalue weighted by atomic mass is 35.5. The topological polar surface area (TPSA) is 37.8 Å². The zero-order chi connectivity index (χ0) is 15.3. The molecule has 0 saturated carbocycles. The van der Waals surface area contributed by atoms with E-state index in [2.05, 4.69) is 15.3 Å². The predicted molar refractivity (Wildman–Crippen MR) is 93.9 cm³/mol. The maximum Gasteiger partial charge on any atom is 0.225 e. The standard InChI is InChI=1S/C16H13Cl2N3S/c1-8-5-6-9(7-11(8)17)19-14-13-10-3-2-4-12(10)22-15(13)21-16(18)20-14/h5-7H,2-4H2,1H3,(H,19,20,21). The Morgan fingerprint density at radius 1 is 1.18 bits per heavy atom. The van der Waals surface area contributed by atoms with Gasteiger partial charge in [0.05, 0.1) is 5.39 Å². The van der Waals surface area contributed by atoms with Gasteiger partial charge in [0, 0.05) is 15.6 Å². The molecule has 0 fully saturated rings. The van der Waals surface area contributed by atoms with Gasteiger partial charge >= 0.3 is 0 Å². The largest absolute Gasteiger partial charge is 0.339 e. The van der Waals surface area contributed by atoms with Gasteiger partial charge in [-0.25, -0.2) is 4.98 Å². The number of anilines is 2. The van der Waals surface area contributed by atoms with Crippen molar-refractivity contribution in [3.8, 4) is 0 Å². The van der Waals surface area contributed by atoms with Crippen LogP contribution in [0.5, 0.6) is 0 Å². The highest BCUT2D eigenvalue weighted by molar-refractivity contribution is 7.19. The lowest BCUT2D eigenvalue weighted by Gasteiger charge is -2.09. The lowest BCUT2D eigenvalue weighted by atomic mass is 10.2. The molecular formula is C16H13Cl2N3S. The number of hydrogen-bond acceptors (Lipinski definition) is 4. The highest BCUT2D eigenvalue weighted by Gasteiger charge is 2.22. The van der Waals surface area contributed by atoms with Crippen LogP contribution in [-0.4, -0.2) is 9.97 Å². The van der Waals surface area contributed by atoms with Crippen molar-refractivity contribution in [2.75, 3.05) is 5.32 Å². The third kappa shape index (κ3) is 2.35. The molecule has 2 aromatic heterocycles. The Morgan fingerprint density at radius 3 is 2.86 bits per heavy atom. The summed E-state index contributed by atoms with van der Waals surface area (Å²) < 4.78 is 0. The maximum atomic E-state index is 6.21. The summed E-state index contributed by atoms with van der Waals surface area (Å²) in [5, 5.41) is 5.47. The quantitative estimate of drug-likeness (QED) is 0.617. The van der Waals surface area contributed by atoms with E-state index in [1.165, 1.54) is 16.9 Å². The molecule has 1 aliphatic carbocycles. The van der Waals surface area contributed by atoms with Crippen molar-refractivity contribution in [2.24, 2.45) is 0 Å². The van der Waals surface area contributed by atoms with Gasteiger partial charge in [-0.1, -0.05) is 17.7 Å². The third-order valence-corrected chi connectivity index (χ3v) is 5.73. The van der Waals surface area contributed by atoms with Crippen LogP contribution < -0.4 is 5.32 Å². The minimum absolute atomic E-state index is 0.271. The van der Waals surface area contributed by atoms with Gasteiger partial charge in [0.1, 0.15) is 10.6 Å². The first kappa shape index (κ1) is 14.2. The van der Waals surface area contributed by atoms with E-state index >= 15 is 0 Å². The second kappa shape index (κ2) is 5.37. The fourth-order valence-electron chi connectivity index (χ4n) is 2.87. The van der Waals surface area contributed by atoms with Crippen molar-refractivity contribution < 1.29 is 0 Å². The fraction of sp³-hybridized carbons (Fsp3) is 0.250. The molecule has 22 heavy (non-hydrogen) atoms. The van der Waals surface area contributed by atoms with E-state index in [1.54, 1.807) is 11.3 Å². The Bertz CT molecular complexity index is 889. The lowest BCUT2D eigenvalue weighted by molar-refractivity contribution is 0.917. The van der Waals surface area contributed by atoms with Crippen LogP contribution in [0.1, 0.15) is 22.4 Å². The molecule has 0 radical (unpaired) electrons. The average molecular weight is 350 g/mol. The van der Waals surface area contributed by atoms with Crippen molar-refractivity contribution >= 4 is 56.3 Å². The summed E-state index contributed by atoms with van der Waals surface area (Å²) in [7, 11) is 0. The van der Waals surface area contributed by atoms with Gasteiger partial charge in [0.2, 0.25) is 5.28 Å². The predicted octanol–water partition coefficient (Wildman–Crippen LogP) is 5.54. The summed E-state index contributed by atoms with van der Waals surface area (Å²) >= 11 is 14.0. The summed E-state index contributed by atoms with van der Waals surface area (Å²) in [6.07, 6.45) is 3.42. The van der Waals surface area contributed by atoms with Crippen LogP contribution in [0.2, 0.25) is 10.3 Å². The minimum atomic E-state index is 0.271. The molecule has 1 N–H and O–H groups in total. The molecule has 0 saturated heterocycles. The molecule has 4 rings (SSSR count). The number of benzene rings is 1. The number of hydrogen-bond donors (Lipinski definition) is 1. The maximum absolute atomic E-state index is 6.21. The lowest BCUT2D eigenvalue weighted by Crippen LogP contribution is -1.97. The highest BCUT2D eigenvalue weighted by Crippen LogP contribution is 2.40. The van der Waals surface area contributed by atoms with Gasteiger partial charge in [0.15, 0.2) is 0 Å². The smallest absolute Gasteiger partial charge is 0.225 e. The molecule has 2 heterocycles. The van der Waals surface area contributed by atoms with E-state index in [0.717, 1.165) is 45.1 Å². The van der Waals surface area contributed by atoms with Crippen molar-refractivity contribution in [2.45, 2.75) is 26.2 Å². The summed E-state index contributed by atoms with van der Waals surface area (Å²) in [6.45, 7) is 1.98. The van der Waals surface area contributed by atoms with Crippen LogP contribution >= 0.6 is 34.5 Å². The number of nitrogens with one attached hydrogen (secondary N) is 1. The molecule has 112 valence electrons. The van der Waals surface area contributed by atoms with Gasteiger partial charge in [0.25, 0.3) is 0 Å². The van der Waals surface area contributed by atoms with Crippen LogP contribution in [0.3, 0.4) is 0 Å². The number of nitrogens with zero attached hydrogens (tertiary/aromatic N) is 2. The summed E-state index contributed by atoms with van der Waals surface area (Å²) in [4.78, 5) is 11.2. The number of halogens is 2. The number of aromatic nitrogens is 2. The van der Waals surface area contributed by atoms with Gasteiger partial charge in [-0.3, -0.25) is 0 Å². The fourth-order valence-corrected chi connectivity index (χ4v) is 4.53. The van der Waals surface area contributed by atoms with Gasteiger partial charge in [-0.15, -0.1) is 11.3 Å². The summed E-state index contributed by atoms with van der Waals surface area (Å²) in [6, 6.07) is 5.89. The van der Waals surface area contributed by atoms with E-state index in [9.17, 15) is 0 Å². The summed E-state index contributed by atoms with van der Waals surface area (Å²) in [5.74, 6) is 0.773. The Kier molecular flexibility index (Phi) is 3.48. The molecule has 0 aliphatic heterocycles. The van der Waals surface area contributed by atoms with E-state index in [-0.39, 0.29) is 5.28 Å². The van der Waals surface area contributed by atoms with Crippen molar-refractivity contribution in [1.82, 2.24) is 9.97 Å². The molecule has 1 aliphatic rings. The number of rotatable bonds is 2. The van der Waals surface area contributed by atoms with Crippen LogP contribution in [0.15, 0.2) is 18.2 Å². The molecule has 3 aromatic rings. The van der Waals surface area contributed by atoms with Crippen LogP contribution in [0.4, 0.5) is 11.5 Å². The Balaban J connectivity index is 1.85. The van der Waals surface area contributed by atoms with Crippen LogP contribution in [0, 0.1) is 6.92 Å². The first-order valence-electron chi connectivity index (χ1n) is 7.13. The van der Waals surface area contributed by atoms with Crippen molar-refractivity contribution in [3.05, 3.63) is 44.5 Å². The van der Waals surface area contributed by atoms with E-state index < -0.39 is 0 Å². The molecule has 1 aromatic carbocycles. The minimum Gasteiger partial charge on any atom is -0.339 e. The van der Waals surface area contributed by atoms with Crippen LogP contribution in [-0.2, 0) is 12.8 Å². The number of aryl methyl sites for hydroxylation is 3. The van der Waals surface area contributed by atoms with Gasteiger partial charge in [-0.2, -0.15) is 4.98 Å². The molecule has 3 nitrogen and oxygen atoms in total. The second-order valence-electron chi connectivity index (χ2n) is 5.47. The Labute approximate surface area is 142 Å². The van der Waals surface area contributed by atoms with Gasteiger partial charge in [-0.05, 0) is 61.0 Å². The van der Waals surface area contributed by atoms with Crippen molar-refractivity contribution in [1.29, 1.82) is 0 Å². The SMILES string of the molecule is Cc1ccc(Nc2nc(Cl)nc3sc4c(c23)CCC4)cc1Cl. The normalized spacial score (nSPS) is 13.6. The zero-order valence-electron chi connectivity index (χ0n) is 11.9. The van der Waals surface area contributed by atoms with E-state index in [1.807, 2.05) is 25.1 Å². The molecule has 0 unspecified atom stereocenters. The Morgan fingerprint density at radius 2 is 2.05 bits per heavy atom. The van der Waals surface area contributed by atoms with Crippen molar-refractivity contribution in [3.63, 3.8) is 0 Å². The first-order chi connectivity index (χ1) is 10.6. The monoisotopic (exact) mass is 349 g/mol. The van der Waals surface area contributed by atoms with Crippen LogP contribution in [0.25, 0.3) is 10.2 Å². The number of thiophene rings is 1. The van der Waals surface area contributed by atoms with Gasteiger partial charge < -0.3 is 5.32 Å². The third-order valence-electron chi connectivity index (χ3n) is 3.97.